The van der Waals surface area contributed by atoms with Crippen molar-refractivity contribution >= 4 is 11.7 Å². The molecule has 1 aliphatic heterocycles. The van der Waals surface area contributed by atoms with E-state index in [2.05, 4.69) is 40.8 Å². The van der Waals surface area contributed by atoms with Crippen LogP contribution in [0.1, 0.15) is 36.8 Å². The Balaban J connectivity index is 1.46. The molecule has 7 heteroatoms. The van der Waals surface area contributed by atoms with Gasteiger partial charge in [-0.1, -0.05) is 6.07 Å². The molecule has 32 heavy (non-hydrogen) atoms. The molecule has 2 aliphatic rings. The summed E-state index contributed by atoms with van der Waals surface area (Å²) in [6.07, 6.45) is 3.90. The van der Waals surface area contributed by atoms with Crippen LogP contribution in [-0.2, 0) is 5.41 Å². The summed E-state index contributed by atoms with van der Waals surface area (Å²) in [5.41, 5.74) is 2.58. The van der Waals surface area contributed by atoms with Crippen molar-refractivity contribution in [3.05, 3.63) is 53.6 Å². The molecule has 1 aliphatic carbocycles. The van der Waals surface area contributed by atoms with Crippen LogP contribution in [0.25, 0.3) is 0 Å². The molecule has 4 rings (SSSR count). The number of amides is 2. The Morgan fingerprint density at radius 2 is 1.88 bits per heavy atom. The number of nitrogens with zero attached hydrogens (tertiary/aromatic N) is 2. The average Bonchev–Trinajstić information content (AvgIpc) is 3.16. The number of likely N-dealkylation sites (N-methyl/N-ethyl adjacent to an activating group) is 1. The highest BCUT2D eigenvalue weighted by atomic mass is 16.5. The number of nitriles is 1. The number of hydrogen-bond donors (Lipinski definition) is 2. The van der Waals surface area contributed by atoms with Crippen LogP contribution in [0, 0.1) is 11.3 Å². The molecule has 1 saturated heterocycles. The molecule has 0 aromatic heterocycles. The number of anilines is 1. The Bertz CT molecular complexity index is 1020. The molecule has 0 bridgehead atoms. The van der Waals surface area contributed by atoms with Crippen LogP contribution in [-0.4, -0.2) is 50.8 Å². The van der Waals surface area contributed by atoms with Crippen molar-refractivity contribution in [2.75, 3.05) is 33.1 Å². The molecule has 0 spiro atoms. The number of fused-ring (bicyclic) bond motifs is 1. The predicted molar refractivity (Wildman–Crippen MR) is 123 cm³/mol. The van der Waals surface area contributed by atoms with Gasteiger partial charge in [0.05, 0.1) is 25.9 Å². The second kappa shape index (κ2) is 9.09. The Hall–Kier alpha value is -3.24. The van der Waals surface area contributed by atoms with E-state index < -0.39 is 0 Å². The van der Waals surface area contributed by atoms with Gasteiger partial charge in [0.2, 0.25) is 0 Å². The van der Waals surface area contributed by atoms with Crippen LogP contribution in [0.4, 0.5) is 10.5 Å². The van der Waals surface area contributed by atoms with Crippen molar-refractivity contribution in [2.45, 2.75) is 43.2 Å². The zero-order chi connectivity index (χ0) is 22.7. The quantitative estimate of drug-likeness (QED) is 0.746. The van der Waals surface area contributed by atoms with Gasteiger partial charge in [-0.15, -0.1) is 0 Å². The van der Waals surface area contributed by atoms with E-state index in [4.69, 9.17) is 14.7 Å². The molecule has 168 valence electrons. The number of carbonyl (C=O) groups excluding carboxylic acids is 1. The summed E-state index contributed by atoms with van der Waals surface area (Å²) in [7, 11) is 5.50. The van der Waals surface area contributed by atoms with E-state index in [9.17, 15) is 4.79 Å². The predicted octanol–water partition coefficient (Wildman–Crippen LogP) is 3.89. The maximum absolute atomic E-state index is 12.6. The van der Waals surface area contributed by atoms with Crippen LogP contribution in [0.3, 0.4) is 0 Å². The van der Waals surface area contributed by atoms with Gasteiger partial charge in [0.15, 0.2) is 11.5 Å². The van der Waals surface area contributed by atoms with Crippen molar-refractivity contribution in [1.29, 1.82) is 5.26 Å². The van der Waals surface area contributed by atoms with E-state index in [-0.39, 0.29) is 17.5 Å². The lowest BCUT2D eigenvalue weighted by atomic mass is 9.65. The molecular formula is C25H30N4O3. The Morgan fingerprint density at radius 1 is 1.12 bits per heavy atom. The number of rotatable bonds is 5. The lowest BCUT2D eigenvalue weighted by Crippen LogP contribution is -2.52. The number of ether oxygens (including phenoxy) is 2. The lowest BCUT2D eigenvalue weighted by molar-refractivity contribution is 0.156. The summed E-state index contributed by atoms with van der Waals surface area (Å²) in [6.45, 7) is 1.03. The largest absolute Gasteiger partial charge is 0.493 e. The minimum absolute atomic E-state index is 0.0517. The fourth-order valence-corrected chi connectivity index (χ4v) is 5.38. The Kier molecular flexibility index (Phi) is 6.24. The summed E-state index contributed by atoms with van der Waals surface area (Å²) in [6, 6.07) is 15.5. The standard InChI is InChI=1S/C25H30N4O3/c1-29-13-12-25(18-6-9-21(31-2)22(14-18)32-3)11-10-20(15-23(25)29)28-24(30)27-19-7-4-17(16-26)5-8-19/h4-9,14,20,23H,10-13,15H2,1-3H3,(H2,27,28,30). The lowest BCUT2D eigenvalue weighted by Gasteiger charge is -2.45. The average molecular weight is 435 g/mol. The third-order valence-corrected chi connectivity index (χ3v) is 7.09. The first-order valence-corrected chi connectivity index (χ1v) is 11.0. The normalized spacial score (nSPS) is 24.8. The number of hydrogen-bond acceptors (Lipinski definition) is 5. The van der Waals surface area contributed by atoms with Gasteiger partial charge in [0, 0.05) is 23.2 Å². The van der Waals surface area contributed by atoms with Crippen LogP contribution in [0.5, 0.6) is 11.5 Å². The molecule has 7 nitrogen and oxygen atoms in total. The molecule has 2 amide bonds. The highest BCUT2D eigenvalue weighted by Gasteiger charge is 2.50. The van der Waals surface area contributed by atoms with E-state index >= 15 is 0 Å². The first-order valence-electron chi connectivity index (χ1n) is 11.0. The van der Waals surface area contributed by atoms with Crippen molar-refractivity contribution in [3.8, 4) is 17.6 Å². The summed E-state index contributed by atoms with van der Waals surface area (Å²) in [4.78, 5) is 15.0. The fourth-order valence-electron chi connectivity index (χ4n) is 5.38. The van der Waals surface area contributed by atoms with Crippen LogP contribution in [0.15, 0.2) is 42.5 Å². The molecule has 2 fully saturated rings. The monoisotopic (exact) mass is 434 g/mol. The number of carbonyl (C=O) groups is 1. The first-order chi connectivity index (χ1) is 15.5. The maximum Gasteiger partial charge on any atom is 0.319 e. The minimum Gasteiger partial charge on any atom is -0.493 e. The third kappa shape index (κ3) is 4.11. The zero-order valence-corrected chi connectivity index (χ0v) is 18.9. The zero-order valence-electron chi connectivity index (χ0n) is 18.9. The van der Waals surface area contributed by atoms with E-state index in [0.29, 0.717) is 17.3 Å². The minimum atomic E-state index is -0.209. The summed E-state index contributed by atoms with van der Waals surface area (Å²) in [5, 5.41) is 14.9. The Labute approximate surface area is 189 Å². The first kappa shape index (κ1) is 22.0. The fraction of sp³-hybridized carbons (Fsp3) is 0.440. The number of methoxy groups -OCH3 is 2. The van der Waals surface area contributed by atoms with Crippen molar-refractivity contribution < 1.29 is 14.3 Å². The number of nitrogens with one attached hydrogen (secondary N) is 2. The molecule has 2 N–H and O–H groups in total. The summed E-state index contributed by atoms with van der Waals surface area (Å²) in [5.74, 6) is 1.50. The molecule has 2 aromatic carbocycles. The van der Waals surface area contributed by atoms with Gasteiger partial charge in [-0.05, 0) is 81.2 Å². The number of likely N-dealkylation sites (tertiary alicyclic amines) is 1. The third-order valence-electron chi connectivity index (χ3n) is 7.09. The van der Waals surface area contributed by atoms with Gasteiger partial charge in [-0.3, -0.25) is 0 Å². The van der Waals surface area contributed by atoms with E-state index in [1.807, 2.05) is 6.07 Å². The van der Waals surface area contributed by atoms with Crippen molar-refractivity contribution in [3.63, 3.8) is 0 Å². The second-order valence-electron chi connectivity index (χ2n) is 8.73. The topological polar surface area (TPSA) is 86.6 Å². The number of benzene rings is 2. The van der Waals surface area contributed by atoms with Crippen LogP contribution in [0.2, 0.25) is 0 Å². The molecule has 2 aromatic rings. The van der Waals surface area contributed by atoms with Gasteiger partial charge in [0.25, 0.3) is 0 Å². The highest BCUT2D eigenvalue weighted by Crippen LogP contribution is 2.49. The highest BCUT2D eigenvalue weighted by molar-refractivity contribution is 5.89. The maximum atomic E-state index is 12.6. The van der Waals surface area contributed by atoms with E-state index in [1.54, 1.807) is 38.5 Å². The Morgan fingerprint density at radius 3 is 2.56 bits per heavy atom. The molecule has 1 heterocycles. The van der Waals surface area contributed by atoms with Gasteiger partial charge in [-0.2, -0.15) is 5.26 Å². The SMILES string of the molecule is COc1ccc(C23CCC(NC(=O)Nc4ccc(C#N)cc4)CC2N(C)CC3)cc1OC. The van der Waals surface area contributed by atoms with Crippen LogP contribution >= 0.6 is 0 Å². The molecule has 3 atom stereocenters. The molecule has 1 saturated carbocycles. The van der Waals surface area contributed by atoms with Gasteiger partial charge in [0.1, 0.15) is 0 Å². The van der Waals surface area contributed by atoms with Crippen molar-refractivity contribution in [2.24, 2.45) is 0 Å². The summed E-state index contributed by atoms with van der Waals surface area (Å²) >= 11 is 0. The molecule has 3 unspecified atom stereocenters. The van der Waals surface area contributed by atoms with Crippen LogP contribution < -0.4 is 20.1 Å². The smallest absolute Gasteiger partial charge is 0.319 e. The molecule has 0 radical (unpaired) electrons. The van der Waals surface area contributed by atoms with Gasteiger partial charge >= 0.3 is 6.03 Å². The van der Waals surface area contributed by atoms with Gasteiger partial charge < -0.3 is 25.0 Å². The van der Waals surface area contributed by atoms with Gasteiger partial charge in [-0.25, -0.2) is 4.79 Å². The molecular weight excluding hydrogens is 404 g/mol. The van der Waals surface area contributed by atoms with Crippen molar-refractivity contribution in [1.82, 2.24) is 10.2 Å². The van der Waals surface area contributed by atoms with E-state index in [0.717, 1.165) is 43.7 Å². The second-order valence-corrected chi connectivity index (χ2v) is 8.73. The number of urea groups is 1. The van der Waals surface area contributed by atoms with E-state index in [1.165, 1.54) is 5.56 Å². The summed E-state index contributed by atoms with van der Waals surface area (Å²) < 4.78 is 11.0.